The van der Waals surface area contributed by atoms with E-state index in [4.69, 9.17) is 16.3 Å². The number of halogens is 3. The Bertz CT molecular complexity index is 318. The highest BCUT2D eigenvalue weighted by Gasteiger charge is 2.19. The third-order valence-electron chi connectivity index (χ3n) is 1.93. The summed E-state index contributed by atoms with van der Waals surface area (Å²) in [7, 11) is 0. The SMILES string of the molecule is Cl.Fc1ccc(OC2CNC2)c(Cl)c1. The summed E-state index contributed by atoms with van der Waals surface area (Å²) >= 11 is 5.77. The smallest absolute Gasteiger partial charge is 0.138 e. The largest absolute Gasteiger partial charge is 0.486 e. The van der Waals surface area contributed by atoms with Gasteiger partial charge in [-0.3, -0.25) is 0 Å². The van der Waals surface area contributed by atoms with E-state index in [1.165, 1.54) is 12.1 Å². The Labute approximate surface area is 92.8 Å². The monoisotopic (exact) mass is 237 g/mol. The molecule has 1 N–H and O–H groups in total. The Hall–Kier alpha value is -0.510. The first-order valence-corrected chi connectivity index (χ1v) is 4.46. The molecule has 2 nitrogen and oxygen atoms in total. The minimum absolute atomic E-state index is 0. The molecule has 0 atom stereocenters. The van der Waals surface area contributed by atoms with Crippen molar-refractivity contribution in [3.63, 3.8) is 0 Å². The van der Waals surface area contributed by atoms with Crippen LogP contribution < -0.4 is 10.1 Å². The Morgan fingerprint density at radius 3 is 2.64 bits per heavy atom. The molecule has 0 unspecified atom stereocenters. The van der Waals surface area contributed by atoms with Crippen LogP contribution in [0.4, 0.5) is 4.39 Å². The van der Waals surface area contributed by atoms with Crippen LogP contribution in [0.2, 0.25) is 5.02 Å². The van der Waals surface area contributed by atoms with Crippen molar-refractivity contribution in [2.75, 3.05) is 13.1 Å². The van der Waals surface area contributed by atoms with E-state index in [1.54, 1.807) is 6.07 Å². The van der Waals surface area contributed by atoms with E-state index in [-0.39, 0.29) is 24.3 Å². The Balaban J connectivity index is 0.000000980. The zero-order valence-corrected chi connectivity index (χ0v) is 8.87. The second-order valence-corrected chi connectivity index (χ2v) is 3.38. The van der Waals surface area contributed by atoms with Gasteiger partial charge in [0.2, 0.25) is 0 Å². The molecule has 0 bridgehead atoms. The van der Waals surface area contributed by atoms with Gasteiger partial charge in [0.15, 0.2) is 0 Å². The van der Waals surface area contributed by atoms with Gasteiger partial charge < -0.3 is 10.1 Å². The van der Waals surface area contributed by atoms with Gasteiger partial charge in [0.25, 0.3) is 0 Å². The maximum Gasteiger partial charge on any atom is 0.138 e. The van der Waals surface area contributed by atoms with Crippen molar-refractivity contribution in [3.8, 4) is 5.75 Å². The number of benzene rings is 1. The summed E-state index contributed by atoms with van der Waals surface area (Å²) in [5.41, 5.74) is 0. The van der Waals surface area contributed by atoms with Crippen LogP contribution in [-0.2, 0) is 0 Å². The van der Waals surface area contributed by atoms with Crippen LogP contribution in [0.1, 0.15) is 0 Å². The first-order valence-electron chi connectivity index (χ1n) is 4.08. The van der Waals surface area contributed by atoms with E-state index in [0.29, 0.717) is 10.8 Å². The van der Waals surface area contributed by atoms with Crippen LogP contribution in [-0.4, -0.2) is 19.2 Å². The van der Waals surface area contributed by atoms with Crippen LogP contribution in [0.3, 0.4) is 0 Å². The summed E-state index contributed by atoms with van der Waals surface area (Å²) in [6.45, 7) is 1.65. The molecule has 1 aromatic rings. The molecule has 1 saturated heterocycles. The molecule has 0 aliphatic carbocycles. The molecule has 1 fully saturated rings. The highest BCUT2D eigenvalue weighted by molar-refractivity contribution is 6.32. The lowest BCUT2D eigenvalue weighted by Gasteiger charge is -2.28. The first-order chi connectivity index (χ1) is 6.25. The van der Waals surface area contributed by atoms with Crippen molar-refractivity contribution < 1.29 is 9.13 Å². The van der Waals surface area contributed by atoms with Gasteiger partial charge in [0, 0.05) is 13.1 Å². The zero-order valence-electron chi connectivity index (χ0n) is 7.30. The second-order valence-electron chi connectivity index (χ2n) is 2.97. The normalized spacial score (nSPS) is 15.6. The fourth-order valence-electron chi connectivity index (χ4n) is 1.10. The van der Waals surface area contributed by atoms with E-state index in [1.807, 2.05) is 0 Å². The lowest BCUT2D eigenvalue weighted by molar-refractivity contribution is 0.142. The predicted molar refractivity (Wildman–Crippen MR) is 55.9 cm³/mol. The molecule has 0 amide bonds. The van der Waals surface area contributed by atoms with Gasteiger partial charge in [-0.2, -0.15) is 0 Å². The number of hydrogen-bond acceptors (Lipinski definition) is 2. The molecule has 14 heavy (non-hydrogen) atoms. The minimum Gasteiger partial charge on any atom is -0.486 e. The molecule has 0 radical (unpaired) electrons. The number of ether oxygens (including phenoxy) is 1. The van der Waals surface area contributed by atoms with Gasteiger partial charge in [0.1, 0.15) is 17.7 Å². The third-order valence-corrected chi connectivity index (χ3v) is 2.23. The van der Waals surface area contributed by atoms with Crippen LogP contribution in [0.5, 0.6) is 5.75 Å². The molecule has 0 spiro atoms. The fourth-order valence-corrected chi connectivity index (χ4v) is 1.31. The van der Waals surface area contributed by atoms with Gasteiger partial charge in [-0.05, 0) is 18.2 Å². The van der Waals surface area contributed by atoms with Crippen LogP contribution in [0.25, 0.3) is 0 Å². The van der Waals surface area contributed by atoms with Crippen molar-refractivity contribution >= 4 is 24.0 Å². The lowest BCUT2D eigenvalue weighted by Crippen LogP contribution is -2.50. The van der Waals surface area contributed by atoms with Gasteiger partial charge >= 0.3 is 0 Å². The van der Waals surface area contributed by atoms with E-state index in [0.717, 1.165) is 13.1 Å². The maximum atomic E-state index is 12.6. The average Bonchev–Trinajstić information content (AvgIpc) is 1.99. The number of nitrogens with one attached hydrogen (secondary N) is 1. The number of hydrogen-bond donors (Lipinski definition) is 1. The molecule has 1 aliphatic heterocycles. The van der Waals surface area contributed by atoms with E-state index in [2.05, 4.69) is 5.32 Å². The third kappa shape index (κ3) is 2.50. The molecule has 5 heteroatoms. The first kappa shape index (κ1) is 11.6. The molecular weight excluding hydrogens is 228 g/mol. The van der Waals surface area contributed by atoms with Gasteiger partial charge in [0.05, 0.1) is 5.02 Å². The summed E-state index contributed by atoms with van der Waals surface area (Å²) in [5.74, 6) is 0.207. The minimum atomic E-state index is -0.343. The van der Waals surface area contributed by atoms with Crippen LogP contribution >= 0.6 is 24.0 Å². The average molecular weight is 238 g/mol. The molecule has 1 aromatic carbocycles. The molecule has 0 aromatic heterocycles. The van der Waals surface area contributed by atoms with Crippen LogP contribution in [0.15, 0.2) is 18.2 Å². The second kappa shape index (κ2) is 4.82. The standard InChI is InChI=1S/C9H9ClFNO.ClH/c10-8-3-6(11)1-2-9(8)13-7-4-12-5-7;/h1-3,7,12H,4-5H2;1H. The summed E-state index contributed by atoms with van der Waals surface area (Å²) in [6.07, 6.45) is 0.169. The van der Waals surface area contributed by atoms with Crippen LogP contribution in [0, 0.1) is 5.82 Å². The van der Waals surface area contributed by atoms with Crippen molar-refractivity contribution in [2.45, 2.75) is 6.10 Å². The highest BCUT2D eigenvalue weighted by Crippen LogP contribution is 2.26. The van der Waals surface area contributed by atoms with Crippen molar-refractivity contribution in [1.29, 1.82) is 0 Å². The van der Waals surface area contributed by atoms with E-state index >= 15 is 0 Å². The summed E-state index contributed by atoms with van der Waals surface area (Å²) in [6, 6.07) is 4.15. The molecule has 0 saturated carbocycles. The van der Waals surface area contributed by atoms with Gasteiger partial charge in [-0.15, -0.1) is 12.4 Å². The zero-order chi connectivity index (χ0) is 9.26. The lowest BCUT2D eigenvalue weighted by atomic mass is 10.2. The van der Waals surface area contributed by atoms with Gasteiger partial charge in [-0.25, -0.2) is 4.39 Å². The molecule has 1 aliphatic rings. The Morgan fingerprint density at radius 2 is 2.14 bits per heavy atom. The topological polar surface area (TPSA) is 21.3 Å². The predicted octanol–water partition coefficient (Wildman–Crippen LogP) is 2.25. The Morgan fingerprint density at radius 1 is 1.43 bits per heavy atom. The Kier molecular flexibility index (Phi) is 3.98. The van der Waals surface area contributed by atoms with Crippen molar-refractivity contribution in [2.24, 2.45) is 0 Å². The molecule has 78 valence electrons. The van der Waals surface area contributed by atoms with Crippen molar-refractivity contribution in [1.82, 2.24) is 5.32 Å². The fraction of sp³-hybridized carbons (Fsp3) is 0.333. The molecule has 1 heterocycles. The number of rotatable bonds is 2. The van der Waals surface area contributed by atoms with E-state index < -0.39 is 0 Å². The van der Waals surface area contributed by atoms with E-state index in [9.17, 15) is 4.39 Å². The van der Waals surface area contributed by atoms with Gasteiger partial charge in [-0.1, -0.05) is 11.6 Å². The summed E-state index contributed by atoms with van der Waals surface area (Å²) in [5, 5.41) is 3.40. The highest BCUT2D eigenvalue weighted by atomic mass is 35.5. The van der Waals surface area contributed by atoms with Crippen molar-refractivity contribution in [3.05, 3.63) is 29.0 Å². The maximum absolute atomic E-state index is 12.6. The summed E-state index contributed by atoms with van der Waals surface area (Å²) < 4.78 is 18.1. The molecule has 2 rings (SSSR count). The summed E-state index contributed by atoms with van der Waals surface area (Å²) in [4.78, 5) is 0. The molecular formula is C9H10Cl2FNO. The quantitative estimate of drug-likeness (QED) is 0.853.